The second-order valence-corrected chi connectivity index (χ2v) is 5.69. The van der Waals surface area contributed by atoms with Gasteiger partial charge in [0.05, 0.1) is 12.4 Å². The molecule has 0 unspecified atom stereocenters. The molecule has 116 valence electrons. The van der Waals surface area contributed by atoms with Crippen molar-refractivity contribution in [3.63, 3.8) is 0 Å². The molecule has 1 aromatic carbocycles. The highest BCUT2D eigenvalue weighted by Crippen LogP contribution is 2.22. The van der Waals surface area contributed by atoms with Gasteiger partial charge in [0, 0.05) is 11.4 Å². The molecule has 4 nitrogen and oxygen atoms in total. The Kier molecular flexibility index (Phi) is 7.90. The Morgan fingerprint density at radius 2 is 1.95 bits per heavy atom. The number of carbonyl (C=O) groups is 2. The Labute approximate surface area is 130 Å². The van der Waals surface area contributed by atoms with E-state index in [1.165, 1.54) is 11.8 Å². The maximum atomic E-state index is 12.3. The number of amides is 1. The topological polar surface area (TPSA) is 46.6 Å². The first kappa shape index (κ1) is 17.6. The lowest BCUT2D eigenvalue weighted by Crippen LogP contribution is -2.38. The van der Waals surface area contributed by atoms with Crippen molar-refractivity contribution in [2.24, 2.45) is 0 Å². The van der Waals surface area contributed by atoms with Crippen molar-refractivity contribution in [1.82, 2.24) is 4.90 Å². The molecule has 0 saturated heterocycles. The van der Waals surface area contributed by atoms with E-state index in [9.17, 15) is 9.59 Å². The lowest BCUT2D eigenvalue weighted by molar-refractivity contribution is -0.148. The summed E-state index contributed by atoms with van der Waals surface area (Å²) in [6.45, 7) is 6.72. The van der Waals surface area contributed by atoms with Crippen LogP contribution in [0.5, 0.6) is 0 Å². The number of aryl methyl sites for hydroxylation is 1. The summed E-state index contributed by atoms with van der Waals surface area (Å²) < 4.78 is 4.91. The van der Waals surface area contributed by atoms with Gasteiger partial charge >= 0.3 is 5.97 Å². The normalized spacial score (nSPS) is 10.2. The summed E-state index contributed by atoms with van der Waals surface area (Å²) in [5, 5.41) is 0. The van der Waals surface area contributed by atoms with Crippen molar-refractivity contribution >= 4 is 23.6 Å². The zero-order valence-electron chi connectivity index (χ0n) is 12.9. The zero-order valence-corrected chi connectivity index (χ0v) is 13.7. The van der Waals surface area contributed by atoms with Crippen LogP contribution in [-0.4, -0.2) is 42.2 Å². The van der Waals surface area contributed by atoms with E-state index in [1.807, 2.05) is 38.1 Å². The van der Waals surface area contributed by atoms with Gasteiger partial charge in [-0.2, -0.15) is 0 Å². The highest BCUT2D eigenvalue weighted by molar-refractivity contribution is 8.00. The summed E-state index contributed by atoms with van der Waals surface area (Å²) in [6, 6.07) is 7.96. The van der Waals surface area contributed by atoms with Crippen LogP contribution in [0, 0.1) is 6.92 Å². The van der Waals surface area contributed by atoms with Gasteiger partial charge in [-0.15, -0.1) is 11.8 Å². The van der Waals surface area contributed by atoms with E-state index in [0.29, 0.717) is 18.9 Å². The van der Waals surface area contributed by atoms with Crippen molar-refractivity contribution in [1.29, 1.82) is 0 Å². The van der Waals surface area contributed by atoms with Crippen molar-refractivity contribution in [2.45, 2.75) is 32.1 Å². The fourth-order valence-electron chi connectivity index (χ4n) is 1.87. The van der Waals surface area contributed by atoms with Crippen LogP contribution in [0.1, 0.15) is 25.8 Å². The molecule has 0 bridgehead atoms. The molecule has 0 fully saturated rings. The third-order valence-corrected chi connectivity index (χ3v) is 4.08. The summed E-state index contributed by atoms with van der Waals surface area (Å²) in [7, 11) is 0. The maximum absolute atomic E-state index is 12.3. The molecule has 0 aliphatic carbocycles. The molecule has 0 aliphatic heterocycles. The summed E-state index contributed by atoms with van der Waals surface area (Å²) >= 11 is 1.51. The quantitative estimate of drug-likeness (QED) is 0.547. The molecule has 1 rings (SSSR count). The Balaban J connectivity index is 2.56. The first-order valence-corrected chi connectivity index (χ1v) is 8.18. The van der Waals surface area contributed by atoms with Gasteiger partial charge in [0.25, 0.3) is 0 Å². The Morgan fingerprint density at radius 1 is 1.24 bits per heavy atom. The third-order valence-electron chi connectivity index (χ3n) is 2.92. The van der Waals surface area contributed by atoms with Gasteiger partial charge in [0.1, 0.15) is 6.54 Å². The average molecular weight is 309 g/mol. The molecule has 21 heavy (non-hydrogen) atoms. The lowest BCUT2D eigenvalue weighted by atomic mass is 10.2. The first-order chi connectivity index (χ1) is 10.1. The maximum Gasteiger partial charge on any atom is 0.325 e. The predicted octanol–water partition coefficient (Wildman–Crippen LogP) is 2.89. The van der Waals surface area contributed by atoms with Gasteiger partial charge in [-0.3, -0.25) is 9.59 Å². The van der Waals surface area contributed by atoms with Gasteiger partial charge in [0.2, 0.25) is 5.91 Å². The van der Waals surface area contributed by atoms with Gasteiger partial charge < -0.3 is 9.64 Å². The van der Waals surface area contributed by atoms with Crippen LogP contribution < -0.4 is 0 Å². The molecule has 0 radical (unpaired) electrons. The molecule has 0 saturated carbocycles. The zero-order chi connectivity index (χ0) is 15.7. The average Bonchev–Trinajstić information content (AvgIpc) is 2.46. The number of thioether (sulfide) groups is 1. The highest BCUT2D eigenvalue weighted by Gasteiger charge is 2.17. The van der Waals surface area contributed by atoms with Crippen LogP contribution in [0.4, 0.5) is 0 Å². The van der Waals surface area contributed by atoms with Crippen LogP contribution in [0.15, 0.2) is 29.2 Å². The number of ether oxygens (including phenoxy) is 1. The Bertz CT molecular complexity index is 476. The van der Waals surface area contributed by atoms with Gasteiger partial charge in [0.15, 0.2) is 0 Å². The Hall–Kier alpha value is -1.49. The molecule has 0 heterocycles. The molecule has 1 aromatic rings. The van der Waals surface area contributed by atoms with E-state index in [2.05, 4.69) is 0 Å². The van der Waals surface area contributed by atoms with Gasteiger partial charge in [-0.1, -0.05) is 25.1 Å². The summed E-state index contributed by atoms with van der Waals surface area (Å²) in [5.41, 5.74) is 1.16. The van der Waals surface area contributed by atoms with Crippen LogP contribution in [-0.2, 0) is 14.3 Å². The minimum absolute atomic E-state index is 0.0295. The highest BCUT2D eigenvalue weighted by atomic mass is 32.2. The van der Waals surface area contributed by atoms with E-state index < -0.39 is 0 Å². The van der Waals surface area contributed by atoms with E-state index in [-0.39, 0.29) is 18.4 Å². The predicted molar refractivity (Wildman–Crippen MR) is 85.4 cm³/mol. The number of benzene rings is 1. The molecular formula is C16H23NO3S. The van der Waals surface area contributed by atoms with Crippen molar-refractivity contribution < 1.29 is 14.3 Å². The molecule has 0 spiro atoms. The molecule has 0 atom stereocenters. The third kappa shape index (κ3) is 6.21. The molecular weight excluding hydrogens is 286 g/mol. The van der Waals surface area contributed by atoms with Crippen molar-refractivity contribution in [3.8, 4) is 0 Å². The van der Waals surface area contributed by atoms with Gasteiger partial charge in [-0.05, 0) is 31.9 Å². The smallest absolute Gasteiger partial charge is 0.325 e. The molecule has 0 aliphatic rings. The first-order valence-electron chi connectivity index (χ1n) is 7.20. The van der Waals surface area contributed by atoms with E-state index in [0.717, 1.165) is 16.9 Å². The van der Waals surface area contributed by atoms with Gasteiger partial charge in [-0.25, -0.2) is 0 Å². The number of rotatable bonds is 8. The van der Waals surface area contributed by atoms with Crippen molar-refractivity contribution in [3.05, 3.63) is 29.8 Å². The van der Waals surface area contributed by atoms with Crippen molar-refractivity contribution in [2.75, 3.05) is 25.4 Å². The minimum atomic E-state index is -0.347. The van der Waals surface area contributed by atoms with Crippen LogP contribution in [0.3, 0.4) is 0 Å². The SMILES string of the molecule is CCCN(CC(=O)OCC)C(=O)CSc1ccccc1C. The van der Waals surface area contributed by atoms with Crippen LogP contribution >= 0.6 is 11.8 Å². The number of esters is 1. The number of carbonyl (C=O) groups excluding carboxylic acids is 2. The van der Waals surface area contributed by atoms with Crippen LogP contribution in [0.25, 0.3) is 0 Å². The molecule has 5 heteroatoms. The lowest BCUT2D eigenvalue weighted by Gasteiger charge is -2.21. The summed E-state index contributed by atoms with van der Waals surface area (Å²) in [6.07, 6.45) is 0.820. The molecule has 0 aromatic heterocycles. The standard InChI is InChI=1S/C16H23NO3S/c1-4-10-17(11-16(19)20-5-2)15(18)12-21-14-9-7-6-8-13(14)3/h6-9H,4-5,10-12H2,1-3H3. The number of hydrogen-bond donors (Lipinski definition) is 0. The second kappa shape index (κ2) is 9.45. The molecule has 1 amide bonds. The second-order valence-electron chi connectivity index (χ2n) is 4.67. The summed E-state index contributed by atoms with van der Waals surface area (Å²) in [4.78, 5) is 26.5. The monoisotopic (exact) mass is 309 g/mol. The Morgan fingerprint density at radius 3 is 2.57 bits per heavy atom. The van der Waals surface area contributed by atoms with E-state index in [4.69, 9.17) is 4.74 Å². The largest absolute Gasteiger partial charge is 0.465 e. The number of hydrogen-bond acceptors (Lipinski definition) is 4. The van der Waals surface area contributed by atoms with E-state index in [1.54, 1.807) is 11.8 Å². The molecule has 0 N–H and O–H groups in total. The van der Waals surface area contributed by atoms with E-state index >= 15 is 0 Å². The van der Waals surface area contributed by atoms with Crippen LogP contribution in [0.2, 0.25) is 0 Å². The fraction of sp³-hybridized carbons (Fsp3) is 0.500. The fourth-order valence-corrected chi connectivity index (χ4v) is 2.81. The number of nitrogens with zero attached hydrogens (tertiary/aromatic N) is 1. The summed E-state index contributed by atoms with van der Waals surface area (Å²) in [5.74, 6) is -0.0390. The minimum Gasteiger partial charge on any atom is -0.465 e.